The van der Waals surface area contributed by atoms with E-state index in [2.05, 4.69) is 40.6 Å². The summed E-state index contributed by atoms with van der Waals surface area (Å²) in [4.78, 5) is 36.2. The Labute approximate surface area is 267 Å². The Hall–Kier alpha value is -5.83. The van der Waals surface area contributed by atoms with Gasteiger partial charge in [0.2, 0.25) is 17.7 Å². The van der Waals surface area contributed by atoms with Gasteiger partial charge < -0.3 is 29.8 Å². The number of nitrogens with zero attached hydrogens (tertiary/aromatic N) is 13. The zero-order valence-corrected chi connectivity index (χ0v) is 25.4. The van der Waals surface area contributed by atoms with Crippen LogP contribution in [-0.4, -0.2) is 93.1 Å². The summed E-state index contributed by atoms with van der Waals surface area (Å²) >= 11 is 0. The van der Waals surface area contributed by atoms with Crippen molar-refractivity contribution in [2.24, 2.45) is 7.05 Å². The van der Waals surface area contributed by atoms with Crippen molar-refractivity contribution in [3.8, 4) is 23.3 Å². The van der Waals surface area contributed by atoms with Crippen LogP contribution < -0.4 is 15.0 Å². The van der Waals surface area contributed by atoms with Gasteiger partial charge in [-0.05, 0) is 41.9 Å². The molecule has 2 fully saturated rings. The van der Waals surface area contributed by atoms with E-state index in [1.54, 1.807) is 13.2 Å². The molecule has 1 aliphatic carbocycles. The van der Waals surface area contributed by atoms with Crippen LogP contribution >= 0.6 is 0 Å². The number of morpholine rings is 1. The molecule has 240 valence electrons. The van der Waals surface area contributed by atoms with Gasteiger partial charge >= 0.3 is 5.95 Å². The average molecular weight is 639 g/mol. The Morgan fingerprint density at radius 2 is 1.87 bits per heavy atom. The van der Waals surface area contributed by atoms with Crippen LogP contribution in [0.25, 0.3) is 22.3 Å². The maximum atomic E-state index is 11.2. The number of aromatic nitrogens is 10. The van der Waals surface area contributed by atoms with E-state index in [9.17, 15) is 10.1 Å². The fraction of sp³-hybridized carbons (Fsp3) is 0.414. The molecule has 1 saturated carbocycles. The van der Waals surface area contributed by atoms with Gasteiger partial charge in [0.05, 0.1) is 49.1 Å². The highest BCUT2D eigenvalue weighted by Crippen LogP contribution is 2.33. The van der Waals surface area contributed by atoms with E-state index in [0.29, 0.717) is 47.7 Å². The maximum absolute atomic E-state index is 11.2. The lowest BCUT2D eigenvalue weighted by atomic mass is 9.93. The summed E-state index contributed by atoms with van der Waals surface area (Å²) in [5.74, 6) is 1.85. The topological polar surface area (TPSA) is 214 Å². The largest absolute Gasteiger partial charge is 0.474 e. The molecular weight excluding hydrogens is 608 g/mol. The number of tetrazole rings is 1. The fourth-order valence-corrected chi connectivity index (χ4v) is 5.69. The molecule has 0 spiro atoms. The van der Waals surface area contributed by atoms with Crippen LogP contribution in [0.5, 0.6) is 5.88 Å². The van der Waals surface area contributed by atoms with Gasteiger partial charge in [-0.1, -0.05) is 4.98 Å². The van der Waals surface area contributed by atoms with Crippen LogP contribution in [0.15, 0.2) is 36.9 Å². The van der Waals surface area contributed by atoms with Gasteiger partial charge in [0.1, 0.15) is 36.4 Å². The van der Waals surface area contributed by atoms with Crippen molar-refractivity contribution >= 4 is 28.6 Å². The third-order valence-corrected chi connectivity index (χ3v) is 8.27. The molecule has 1 saturated heterocycles. The zero-order chi connectivity index (χ0) is 32.3. The second-order valence-electron chi connectivity index (χ2n) is 11.3. The molecule has 18 nitrogen and oxygen atoms in total. The van der Waals surface area contributed by atoms with Gasteiger partial charge in [-0.15, -0.1) is 10.2 Å². The standard InChI is InChI=1S/C29H30N14O4/c1-40-21(16-34-29(40)43(44)45)17-42-38-26(37-39-42)19-10-23-24(31-15-19)11-25(41-6-8-46-9-7-41)36-27(23)47-22-4-2-20(3-5-22)35-28-32-13-18(12-30)14-33-28/h10-11,13-16,20,22H,2-9,17H2,1H3,(H,32,33,35). The quantitative estimate of drug-likeness (QED) is 0.181. The van der Waals surface area contributed by atoms with E-state index < -0.39 is 4.92 Å². The number of imidazole rings is 1. The van der Waals surface area contributed by atoms with Crippen molar-refractivity contribution in [1.82, 2.24) is 49.7 Å². The monoisotopic (exact) mass is 638 g/mol. The van der Waals surface area contributed by atoms with Gasteiger partial charge in [0.15, 0.2) is 0 Å². The van der Waals surface area contributed by atoms with Crippen LogP contribution in [0.4, 0.5) is 17.7 Å². The molecule has 0 radical (unpaired) electrons. The van der Waals surface area contributed by atoms with Crippen molar-refractivity contribution in [1.29, 1.82) is 5.26 Å². The van der Waals surface area contributed by atoms with Crippen LogP contribution in [0.1, 0.15) is 36.9 Å². The van der Waals surface area contributed by atoms with E-state index in [1.165, 1.54) is 28.0 Å². The highest BCUT2D eigenvalue weighted by Gasteiger charge is 2.26. The smallest absolute Gasteiger partial charge is 0.434 e. The van der Waals surface area contributed by atoms with Gasteiger partial charge in [0.25, 0.3) is 0 Å². The van der Waals surface area contributed by atoms with Gasteiger partial charge in [-0.2, -0.15) is 15.0 Å². The molecule has 1 N–H and O–H groups in total. The number of hydrogen-bond donors (Lipinski definition) is 1. The third kappa shape index (κ3) is 6.46. The SMILES string of the molecule is Cn1c(Cn2nnc(-c3cnc4cc(N5CCOCC5)nc(OC5CCC(Nc6ncc(C#N)cn6)CC5)c4c3)n2)cnc1[N+](=O)[O-]. The van der Waals surface area contributed by atoms with E-state index in [1.807, 2.05) is 18.2 Å². The molecule has 5 aromatic heterocycles. The Bertz CT molecular complexity index is 1940. The summed E-state index contributed by atoms with van der Waals surface area (Å²) < 4.78 is 13.5. The number of fused-ring (bicyclic) bond motifs is 1. The number of rotatable bonds is 9. The molecule has 1 aliphatic heterocycles. The Balaban J connectivity index is 1.11. The van der Waals surface area contributed by atoms with Gasteiger partial charge in [0, 0.05) is 37.0 Å². The second kappa shape index (κ2) is 12.9. The minimum absolute atomic E-state index is 0.0591. The predicted molar refractivity (Wildman–Crippen MR) is 165 cm³/mol. The van der Waals surface area contributed by atoms with Crippen LogP contribution in [0.3, 0.4) is 0 Å². The highest BCUT2D eigenvalue weighted by atomic mass is 16.6. The lowest BCUT2D eigenvalue weighted by Crippen LogP contribution is -2.37. The van der Waals surface area contributed by atoms with Crippen molar-refractivity contribution in [2.75, 3.05) is 36.5 Å². The number of nitrogens with one attached hydrogen (secondary N) is 1. The van der Waals surface area contributed by atoms with E-state index >= 15 is 0 Å². The summed E-state index contributed by atoms with van der Waals surface area (Å²) in [7, 11) is 1.57. The van der Waals surface area contributed by atoms with E-state index in [-0.39, 0.29) is 24.6 Å². The second-order valence-corrected chi connectivity index (χ2v) is 11.3. The Kier molecular flexibility index (Phi) is 8.18. The lowest BCUT2D eigenvalue weighted by molar-refractivity contribution is -0.396. The summed E-state index contributed by atoms with van der Waals surface area (Å²) in [6.07, 6.45) is 9.37. The molecular formula is C29H30N14O4. The zero-order valence-electron chi connectivity index (χ0n) is 25.4. The maximum Gasteiger partial charge on any atom is 0.434 e. The summed E-state index contributed by atoms with van der Waals surface area (Å²) in [6.45, 7) is 2.83. The third-order valence-electron chi connectivity index (χ3n) is 8.27. The first-order chi connectivity index (χ1) is 22.9. The van der Waals surface area contributed by atoms with Crippen molar-refractivity contribution in [3.05, 3.63) is 58.3 Å². The van der Waals surface area contributed by atoms with Crippen molar-refractivity contribution in [3.63, 3.8) is 0 Å². The minimum Gasteiger partial charge on any atom is -0.474 e. The van der Waals surface area contributed by atoms with Crippen LogP contribution in [-0.2, 0) is 18.3 Å². The van der Waals surface area contributed by atoms with E-state index in [0.717, 1.165) is 55.5 Å². The summed E-state index contributed by atoms with van der Waals surface area (Å²) in [6, 6.07) is 6.07. The van der Waals surface area contributed by atoms with Gasteiger partial charge in [-0.3, -0.25) is 4.98 Å². The molecule has 6 heterocycles. The first-order valence-corrected chi connectivity index (χ1v) is 15.2. The number of pyridine rings is 2. The summed E-state index contributed by atoms with van der Waals surface area (Å²) in [5.41, 5.74) is 2.33. The first-order valence-electron chi connectivity index (χ1n) is 15.2. The molecule has 0 amide bonds. The Morgan fingerprint density at radius 1 is 1.09 bits per heavy atom. The molecule has 5 aromatic rings. The minimum atomic E-state index is -0.544. The van der Waals surface area contributed by atoms with Crippen LogP contribution in [0.2, 0.25) is 0 Å². The highest BCUT2D eigenvalue weighted by molar-refractivity contribution is 5.88. The van der Waals surface area contributed by atoms with Crippen LogP contribution in [0, 0.1) is 21.4 Å². The molecule has 2 aliphatic rings. The normalized spacial score (nSPS) is 18.2. The summed E-state index contributed by atoms with van der Waals surface area (Å²) in [5, 5.41) is 37.1. The number of hydrogen-bond acceptors (Lipinski definition) is 15. The molecule has 47 heavy (non-hydrogen) atoms. The van der Waals surface area contributed by atoms with Gasteiger partial charge in [-0.25, -0.2) is 14.5 Å². The fourth-order valence-electron chi connectivity index (χ4n) is 5.69. The predicted octanol–water partition coefficient (Wildman–Crippen LogP) is 2.27. The molecule has 0 atom stereocenters. The molecule has 0 aromatic carbocycles. The lowest BCUT2D eigenvalue weighted by Gasteiger charge is -2.31. The number of nitriles is 1. The molecule has 7 rings (SSSR count). The number of anilines is 2. The molecule has 0 unspecified atom stereocenters. The molecule has 18 heteroatoms. The molecule has 0 bridgehead atoms. The average Bonchev–Trinajstić information content (AvgIpc) is 3.72. The van der Waals surface area contributed by atoms with E-state index in [4.69, 9.17) is 24.7 Å². The first kappa shape index (κ1) is 29.9. The van der Waals surface area contributed by atoms with Crippen molar-refractivity contribution < 1.29 is 14.4 Å². The number of ether oxygens (including phenoxy) is 2. The number of nitro groups is 1. The van der Waals surface area contributed by atoms with Crippen molar-refractivity contribution in [2.45, 2.75) is 44.4 Å². The Morgan fingerprint density at radius 3 is 2.60 bits per heavy atom.